The van der Waals surface area contributed by atoms with Crippen molar-refractivity contribution < 1.29 is 74.2 Å². The monoisotopic (exact) mass is 1410 g/mol. The number of hydrogen-bond donors (Lipinski definition) is 5. The lowest BCUT2D eigenvalue weighted by atomic mass is 10.2. The summed E-state index contributed by atoms with van der Waals surface area (Å²) >= 11 is 0. The van der Waals surface area contributed by atoms with Crippen molar-refractivity contribution in [2.24, 2.45) is 0 Å². The number of carbonyl (C=O) groups excluding carboxylic acids is 8. The van der Waals surface area contributed by atoms with Crippen LogP contribution in [0.5, 0.6) is 0 Å². The number of carbonyl (C=O) groups is 8. The van der Waals surface area contributed by atoms with Crippen LogP contribution in [0.2, 0.25) is 0 Å². The van der Waals surface area contributed by atoms with Crippen molar-refractivity contribution >= 4 is 46.9 Å². The molecule has 0 radical (unpaired) electrons. The van der Waals surface area contributed by atoms with Crippen LogP contribution in [0.4, 0.5) is 0 Å². The number of Topliss-reactive ketones (excluding diaryl/α,β-unsaturated/α-hetero) is 3. The second-order valence-electron chi connectivity index (χ2n) is 31.4. The Hall–Kier alpha value is -6.04. The maximum atomic E-state index is 11.9. The van der Waals surface area contributed by atoms with Gasteiger partial charge >= 0.3 is 0 Å². The predicted molar refractivity (Wildman–Crippen MR) is 418 cm³/mol. The summed E-state index contributed by atoms with van der Waals surface area (Å²) in [5.74, 6) is 1.34. The van der Waals surface area contributed by atoms with E-state index in [2.05, 4.69) is 216 Å². The van der Waals surface area contributed by atoms with Crippen LogP contribution in [0, 0.1) is 0 Å². The van der Waals surface area contributed by atoms with Crippen LogP contribution in [-0.2, 0) is 38.4 Å². The molecule has 576 valence electrons. The zero-order valence-corrected chi connectivity index (χ0v) is 68.5. The lowest BCUT2D eigenvalue weighted by Crippen LogP contribution is -2.49. The average Bonchev–Trinajstić information content (AvgIpc) is 0.977. The van der Waals surface area contributed by atoms with Gasteiger partial charge < -0.3 is 62.4 Å². The molecule has 0 saturated heterocycles. The number of hydrogen-bond acceptors (Lipinski definition) is 8. The number of nitrogens with zero attached hydrogens (tertiary/aromatic N) is 8. The van der Waals surface area contributed by atoms with E-state index in [1.54, 1.807) is 0 Å². The molecule has 0 aliphatic heterocycles. The van der Waals surface area contributed by atoms with Gasteiger partial charge in [0.25, 0.3) is 0 Å². The summed E-state index contributed by atoms with van der Waals surface area (Å²) in [6.07, 6.45) is 43.1. The molecule has 0 bridgehead atoms. The maximum Gasteiger partial charge on any atom is 0.228 e. The summed E-state index contributed by atoms with van der Waals surface area (Å²) in [7, 11) is 33.9. The molecule has 5 N–H and O–H groups in total. The van der Waals surface area contributed by atoms with Crippen molar-refractivity contribution in [3.8, 4) is 0 Å². The lowest BCUT2D eigenvalue weighted by molar-refractivity contribution is -0.888. The molecule has 0 rings (SSSR count). The highest BCUT2D eigenvalue weighted by atomic mass is 16.2. The summed E-state index contributed by atoms with van der Waals surface area (Å²) < 4.78 is 5.98. The molecular formula is C79H155N13O8+8. The van der Waals surface area contributed by atoms with Gasteiger partial charge in [-0.05, 0) is 74.3 Å². The summed E-state index contributed by atoms with van der Waals surface area (Å²) in [6.45, 7) is 28.5. The Morgan fingerprint density at radius 3 is 0.610 bits per heavy atom. The number of quaternary nitrogens is 8. The van der Waals surface area contributed by atoms with E-state index in [1.807, 2.05) is 76.3 Å². The minimum absolute atomic E-state index is 0.0576. The van der Waals surface area contributed by atoms with E-state index >= 15 is 0 Å². The highest BCUT2D eigenvalue weighted by Crippen LogP contribution is 2.08. The zero-order chi connectivity index (χ0) is 77.4. The molecule has 0 saturated carbocycles. The Kier molecular flexibility index (Phi) is 56.7. The van der Waals surface area contributed by atoms with E-state index < -0.39 is 0 Å². The third kappa shape index (κ3) is 67.8. The molecule has 0 aliphatic rings. The van der Waals surface area contributed by atoms with Gasteiger partial charge in [-0.3, -0.25) is 38.4 Å². The third-order valence-corrected chi connectivity index (χ3v) is 16.3. The SMILES string of the molecule is CC/C=C\CC(=O)CC[N+](C)(C)C/C=C/C[N+](C)(C)CNC(=O)C/C=C\CC.CC/C=C\CC(=O)NC[N+](C)(C)C/C=C\C[N+](C)(C)CNC(=O)C/C=C\CC.CCC(=O)CC[N+](C)(C)C/C=C/C[N+](C)(C)CNC(=O)CC.CCC(=O)CC[N+](C)(C)C/C=C\C[N+](C)(C)CNC(=O)CC. The van der Waals surface area contributed by atoms with Gasteiger partial charge in [0, 0.05) is 51.4 Å². The first-order chi connectivity index (χ1) is 46.5. The maximum absolute atomic E-state index is 11.9. The van der Waals surface area contributed by atoms with Crippen LogP contribution in [0.15, 0.2) is 97.2 Å². The first kappa shape index (κ1) is 100. The normalized spacial score (nSPS) is 12.8. The van der Waals surface area contributed by atoms with Crippen LogP contribution in [0.25, 0.3) is 0 Å². The van der Waals surface area contributed by atoms with Crippen molar-refractivity contribution in [3.05, 3.63) is 97.2 Å². The van der Waals surface area contributed by atoms with Gasteiger partial charge in [-0.15, -0.1) is 0 Å². The second kappa shape index (κ2) is 56.5. The lowest BCUT2D eigenvalue weighted by Gasteiger charge is -2.30. The van der Waals surface area contributed by atoms with Gasteiger partial charge in [0.05, 0.1) is 204 Å². The minimum atomic E-state index is 0.0576. The summed E-state index contributed by atoms with van der Waals surface area (Å²) in [6, 6.07) is 0. The molecule has 5 amide bonds. The molecule has 0 aromatic rings. The van der Waals surface area contributed by atoms with E-state index in [0.29, 0.717) is 135 Å². The molecule has 0 atom stereocenters. The smallest absolute Gasteiger partial charge is 0.228 e. The molecule has 0 aromatic heterocycles. The third-order valence-electron chi connectivity index (χ3n) is 16.3. The minimum Gasteiger partial charge on any atom is -0.325 e. The molecule has 0 aliphatic carbocycles. The van der Waals surface area contributed by atoms with Gasteiger partial charge in [0.1, 0.15) is 17.3 Å². The fourth-order valence-electron chi connectivity index (χ4n) is 8.64. The Morgan fingerprint density at radius 2 is 0.410 bits per heavy atom. The van der Waals surface area contributed by atoms with Crippen molar-refractivity contribution in [1.82, 2.24) is 26.6 Å². The van der Waals surface area contributed by atoms with Crippen LogP contribution in [0.1, 0.15) is 152 Å². The first-order valence-electron chi connectivity index (χ1n) is 37.1. The van der Waals surface area contributed by atoms with Gasteiger partial charge in [-0.1, -0.05) is 104 Å². The number of likely N-dealkylation sites (N-methyl/N-ethyl adjacent to an activating group) is 8. The van der Waals surface area contributed by atoms with Crippen LogP contribution in [-0.4, -0.2) is 301 Å². The molecule has 21 nitrogen and oxygen atoms in total. The summed E-state index contributed by atoms with van der Waals surface area (Å²) in [4.78, 5) is 92.8. The Bertz CT molecular complexity index is 2210. The van der Waals surface area contributed by atoms with Crippen molar-refractivity contribution in [1.29, 1.82) is 0 Å². The Morgan fingerprint density at radius 1 is 0.220 bits per heavy atom. The Balaban J connectivity index is -0.000000618. The Labute approximate surface area is 612 Å². The van der Waals surface area contributed by atoms with Gasteiger partial charge in [-0.25, -0.2) is 0 Å². The van der Waals surface area contributed by atoms with Crippen LogP contribution < -0.4 is 26.6 Å². The molecule has 0 spiro atoms. The number of rotatable bonds is 51. The highest BCUT2D eigenvalue weighted by Gasteiger charge is 2.22. The van der Waals surface area contributed by atoms with Crippen molar-refractivity contribution in [3.63, 3.8) is 0 Å². The first-order valence-corrected chi connectivity index (χ1v) is 37.1. The highest BCUT2D eigenvalue weighted by molar-refractivity contribution is 5.80. The molecule has 21 heteroatoms. The van der Waals surface area contributed by atoms with E-state index in [4.69, 9.17) is 0 Å². The van der Waals surface area contributed by atoms with Gasteiger partial charge in [0.15, 0.2) is 33.3 Å². The van der Waals surface area contributed by atoms with E-state index in [9.17, 15) is 38.4 Å². The van der Waals surface area contributed by atoms with E-state index in [-0.39, 0.29) is 29.5 Å². The predicted octanol–water partition coefficient (Wildman–Crippen LogP) is 9.09. The van der Waals surface area contributed by atoms with Crippen LogP contribution in [0.3, 0.4) is 0 Å². The van der Waals surface area contributed by atoms with Gasteiger partial charge in [-0.2, -0.15) is 0 Å². The second-order valence-corrected chi connectivity index (χ2v) is 31.4. The largest absolute Gasteiger partial charge is 0.325 e. The number of ketones is 3. The van der Waals surface area contributed by atoms with E-state index in [0.717, 1.165) is 120 Å². The fraction of sp³-hybridized carbons (Fsp3) is 0.696. The quantitative estimate of drug-likeness (QED) is 0.0226. The summed E-state index contributed by atoms with van der Waals surface area (Å²) in [5, 5.41) is 14.8. The van der Waals surface area contributed by atoms with E-state index in [1.165, 1.54) is 0 Å². The fourth-order valence-corrected chi connectivity index (χ4v) is 8.64. The topological polar surface area (TPSA) is 197 Å². The number of allylic oxidation sites excluding steroid dienone is 5. The number of amides is 5. The van der Waals surface area contributed by atoms with Crippen LogP contribution >= 0.6 is 0 Å². The van der Waals surface area contributed by atoms with Crippen molar-refractivity contribution in [2.45, 2.75) is 152 Å². The van der Waals surface area contributed by atoms with Gasteiger partial charge in [0.2, 0.25) is 29.5 Å². The number of nitrogens with one attached hydrogen (secondary N) is 5. The molecule has 0 fully saturated rings. The summed E-state index contributed by atoms with van der Waals surface area (Å²) in [5.41, 5.74) is 0. The zero-order valence-electron chi connectivity index (χ0n) is 68.5. The molecule has 100 heavy (non-hydrogen) atoms. The molecule has 0 unspecified atom stereocenters. The average molecular weight is 1420 g/mol. The molecule has 0 heterocycles. The van der Waals surface area contributed by atoms with Crippen molar-refractivity contribution in [2.75, 3.05) is 218 Å². The standard InChI is InChI=1S/C23H42N3O2.C22H40N4O2.2C17H34N3O2/c1-7-9-11-15-22(27)17-20-25(3,4)18-13-14-19-26(5,6)21-24-23(28)16-12-10-8-2;1-7-9-11-15-21(27)23-19-25(3,4)17-13-14-18-26(5,6)20-24-22(28)16-12-10-8-2;2*1-7-16(21)11-14-19(3,4)12-9-10-13-20(5,6)15-18-17(22)8-2/h9-14H,7-8,15-21H2,1-6H3;9-14H,7-8,15-20H2,1-6H3;2*9-10H,7-8,11-15H2,1-6H3/q+1;;2*+1/p+5/b11-9-,12-10-,14-13+;11-9-,12-10-,14-13-;10-9+;10-9-. The molecular weight excluding hydrogens is 1260 g/mol. The molecule has 0 aromatic carbocycles.